The summed E-state index contributed by atoms with van der Waals surface area (Å²) in [4.78, 5) is 4.12. The monoisotopic (exact) mass is 404 g/mol. The molecule has 0 saturated carbocycles. The minimum absolute atomic E-state index is 0.299. The molecule has 1 aromatic carbocycles. The number of aromatic nitrogens is 2. The smallest absolute Gasteiger partial charge is 0.158 e. The summed E-state index contributed by atoms with van der Waals surface area (Å²) < 4.78 is 13.3. The fourth-order valence-electron chi connectivity index (χ4n) is 2.48. The molecule has 0 fully saturated rings. The van der Waals surface area contributed by atoms with E-state index in [1.165, 1.54) is 5.69 Å². The summed E-state index contributed by atoms with van der Waals surface area (Å²) in [7, 11) is 0. The molecular weight excluding hydrogens is 383 g/mol. The molecule has 0 unspecified atom stereocenters. The minimum atomic E-state index is 0.299. The molecule has 25 heavy (non-hydrogen) atoms. The average molecular weight is 406 g/mol. The molecule has 0 aliphatic heterocycles. The summed E-state index contributed by atoms with van der Waals surface area (Å²) in [6.07, 6.45) is 8.01. The van der Waals surface area contributed by atoms with Crippen LogP contribution in [0.1, 0.15) is 38.3 Å². The highest BCUT2D eigenvalue weighted by atomic mass is 35.5. The molecular formula is C18H23Cl3N2O2. The summed E-state index contributed by atoms with van der Waals surface area (Å²) in [6.45, 7) is 5.98. The number of halogens is 3. The minimum Gasteiger partial charge on any atom is -0.492 e. The van der Waals surface area contributed by atoms with Gasteiger partial charge in [0.2, 0.25) is 0 Å². The summed E-state index contributed by atoms with van der Waals surface area (Å²) in [5.41, 5.74) is 1.19. The zero-order valence-electron chi connectivity index (χ0n) is 14.5. The van der Waals surface area contributed by atoms with Crippen molar-refractivity contribution in [2.75, 3.05) is 13.2 Å². The highest BCUT2D eigenvalue weighted by Gasteiger charge is 2.16. The lowest BCUT2D eigenvalue weighted by Crippen LogP contribution is -2.01. The van der Waals surface area contributed by atoms with Gasteiger partial charge in [-0.1, -0.05) is 47.6 Å². The lowest BCUT2D eigenvalue weighted by molar-refractivity contribution is 0.302. The van der Waals surface area contributed by atoms with Crippen LogP contribution >= 0.6 is 34.8 Å². The third-order valence-electron chi connectivity index (χ3n) is 3.84. The first-order valence-corrected chi connectivity index (χ1v) is 9.57. The number of nitrogens with zero attached hydrogens (tertiary/aromatic N) is 2. The Labute approximate surface area is 164 Å². The molecule has 138 valence electrons. The highest BCUT2D eigenvalue weighted by Crippen LogP contribution is 2.44. The molecule has 1 heterocycles. The number of imidazole rings is 1. The van der Waals surface area contributed by atoms with Crippen molar-refractivity contribution in [1.29, 1.82) is 0 Å². The van der Waals surface area contributed by atoms with E-state index in [0.717, 1.165) is 32.2 Å². The second kappa shape index (κ2) is 10.1. The number of unbranched alkanes of at least 4 members (excludes halogenated alkanes) is 3. The van der Waals surface area contributed by atoms with Crippen molar-refractivity contribution in [2.24, 2.45) is 0 Å². The molecule has 0 bridgehead atoms. The van der Waals surface area contributed by atoms with Crippen LogP contribution in [-0.2, 0) is 6.54 Å². The molecule has 0 atom stereocenters. The lowest BCUT2D eigenvalue weighted by atomic mass is 10.2. The third kappa shape index (κ3) is 5.70. The fourth-order valence-corrected chi connectivity index (χ4v) is 3.22. The van der Waals surface area contributed by atoms with Gasteiger partial charge in [-0.05, 0) is 26.7 Å². The van der Waals surface area contributed by atoms with E-state index in [2.05, 4.69) is 16.5 Å². The van der Waals surface area contributed by atoms with E-state index >= 15 is 0 Å². The molecule has 0 aliphatic carbocycles. The Balaban J connectivity index is 1.73. The molecule has 2 rings (SSSR count). The Morgan fingerprint density at radius 2 is 1.80 bits per heavy atom. The summed E-state index contributed by atoms with van der Waals surface area (Å²) in [5, 5.41) is 1.04. The highest BCUT2D eigenvalue weighted by molar-refractivity contribution is 6.45. The van der Waals surface area contributed by atoms with Crippen LogP contribution in [0.3, 0.4) is 0 Å². The number of ether oxygens (including phenoxy) is 2. The number of aryl methyl sites for hydroxylation is 2. The molecule has 1 aromatic heterocycles. The second-order valence-electron chi connectivity index (χ2n) is 5.74. The number of hydrogen-bond donors (Lipinski definition) is 0. The van der Waals surface area contributed by atoms with Gasteiger partial charge in [0, 0.05) is 24.5 Å². The van der Waals surface area contributed by atoms with E-state index in [1.807, 2.05) is 19.4 Å². The molecule has 0 N–H and O–H groups in total. The van der Waals surface area contributed by atoms with Crippen LogP contribution in [-0.4, -0.2) is 22.8 Å². The van der Waals surface area contributed by atoms with Crippen molar-refractivity contribution in [3.8, 4) is 11.5 Å². The van der Waals surface area contributed by atoms with Crippen LogP contribution in [0, 0.1) is 6.92 Å². The molecule has 7 heteroatoms. The van der Waals surface area contributed by atoms with Gasteiger partial charge in [-0.15, -0.1) is 0 Å². The topological polar surface area (TPSA) is 36.3 Å². The van der Waals surface area contributed by atoms with Crippen LogP contribution in [0.25, 0.3) is 0 Å². The predicted octanol–water partition coefficient (Wildman–Crippen LogP) is 6.19. The lowest BCUT2D eigenvalue weighted by Gasteiger charge is -2.14. The van der Waals surface area contributed by atoms with Crippen LogP contribution in [0.2, 0.25) is 15.1 Å². The van der Waals surface area contributed by atoms with Gasteiger partial charge in [-0.25, -0.2) is 4.98 Å². The quantitative estimate of drug-likeness (QED) is 0.349. The normalized spacial score (nSPS) is 10.9. The van der Waals surface area contributed by atoms with Gasteiger partial charge in [0.25, 0.3) is 0 Å². The standard InChI is InChI=1S/C18H23Cl3N2O2/c1-3-24-15-10-14(19)18(17(21)16(15)20)25-9-7-5-4-6-8-23-12-22-11-13(23)2/h10-12H,3-9H2,1-2H3. The van der Waals surface area contributed by atoms with Crippen molar-refractivity contribution in [2.45, 2.75) is 46.1 Å². The number of hydrogen-bond acceptors (Lipinski definition) is 3. The van der Waals surface area contributed by atoms with Crippen LogP contribution in [0.4, 0.5) is 0 Å². The fraction of sp³-hybridized carbons (Fsp3) is 0.500. The van der Waals surface area contributed by atoms with Gasteiger partial charge in [0.1, 0.15) is 15.8 Å². The maximum Gasteiger partial charge on any atom is 0.158 e. The Bertz CT molecular complexity index is 689. The molecule has 0 saturated heterocycles. The van der Waals surface area contributed by atoms with Crippen molar-refractivity contribution >= 4 is 34.8 Å². The molecule has 0 amide bonds. The third-order valence-corrected chi connectivity index (χ3v) is 4.96. The summed E-state index contributed by atoms with van der Waals surface area (Å²) >= 11 is 18.7. The first kappa shape index (κ1) is 20.2. The van der Waals surface area contributed by atoms with Crippen molar-refractivity contribution in [3.63, 3.8) is 0 Å². The largest absolute Gasteiger partial charge is 0.492 e. The van der Waals surface area contributed by atoms with E-state index < -0.39 is 0 Å². The van der Waals surface area contributed by atoms with Gasteiger partial charge in [0.15, 0.2) is 5.75 Å². The zero-order valence-corrected chi connectivity index (χ0v) is 16.8. The van der Waals surface area contributed by atoms with Gasteiger partial charge in [-0.2, -0.15) is 0 Å². The maximum atomic E-state index is 6.24. The van der Waals surface area contributed by atoms with Crippen molar-refractivity contribution in [1.82, 2.24) is 9.55 Å². The Morgan fingerprint density at radius 3 is 2.48 bits per heavy atom. The Kier molecular flexibility index (Phi) is 8.20. The van der Waals surface area contributed by atoms with E-state index in [1.54, 1.807) is 6.07 Å². The van der Waals surface area contributed by atoms with Gasteiger partial charge in [0.05, 0.1) is 24.6 Å². The van der Waals surface area contributed by atoms with E-state index in [9.17, 15) is 0 Å². The van der Waals surface area contributed by atoms with Crippen LogP contribution in [0.5, 0.6) is 11.5 Å². The van der Waals surface area contributed by atoms with Crippen LogP contribution in [0.15, 0.2) is 18.6 Å². The van der Waals surface area contributed by atoms with Gasteiger partial charge < -0.3 is 14.0 Å². The van der Waals surface area contributed by atoms with Crippen LogP contribution < -0.4 is 9.47 Å². The Hall–Kier alpha value is -1.10. The van der Waals surface area contributed by atoms with E-state index in [-0.39, 0.29) is 0 Å². The molecule has 0 radical (unpaired) electrons. The number of rotatable bonds is 10. The summed E-state index contributed by atoms with van der Waals surface area (Å²) in [5.74, 6) is 0.895. The first-order valence-electron chi connectivity index (χ1n) is 8.44. The van der Waals surface area contributed by atoms with Gasteiger partial charge >= 0.3 is 0 Å². The van der Waals surface area contributed by atoms with E-state index in [4.69, 9.17) is 44.3 Å². The SMILES string of the molecule is CCOc1cc(Cl)c(OCCCCCCn2cncc2C)c(Cl)c1Cl. The molecule has 4 nitrogen and oxygen atoms in total. The molecule has 0 spiro atoms. The average Bonchev–Trinajstić information content (AvgIpc) is 2.99. The molecule has 0 aliphatic rings. The van der Waals surface area contributed by atoms with Crippen molar-refractivity contribution in [3.05, 3.63) is 39.4 Å². The number of benzene rings is 1. The summed E-state index contributed by atoms with van der Waals surface area (Å²) in [6, 6.07) is 1.64. The first-order chi connectivity index (χ1) is 12.0. The predicted molar refractivity (Wildman–Crippen MR) is 104 cm³/mol. The maximum absolute atomic E-state index is 6.24. The van der Waals surface area contributed by atoms with E-state index in [0.29, 0.717) is 39.8 Å². The zero-order chi connectivity index (χ0) is 18.2. The van der Waals surface area contributed by atoms with Crippen molar-refractivity contribution < 1.29 is 9.47 Å². The second-order valence-corrected chi connectivity index (χ2v) is 6.90. The van der Waals surface area contributed by atoms with Gasteiger partial charge in [-0.3, -0.25) is 0 Å². The Morgan fingerprint density at radius 1 is 1.04 bits per heavy atom. The molecule has 2 aromatic rings.